The van der Waals surface area contributed by atoms with Crippen LogP contribution in [0, 0.1) is 0 Å². The number of carbonyl (C=O) groups excluding carboxylic acids is 1. The Hall–Kier alpha value is -0.980. The highest BCUT2D eigenvalue weighted by Crippen LogP contribution is 2.18. The molecule has 1 aliphatic rings. The molecule has 0 aromatic carbocycles. The molecule has 1 atom stereocenters. The Kier molecular flexibility index (Phi) is 4.09. The van der Waals surface area contributed by atoms with E-state index in [4.69, 9.17) is 4.74 Å². The zero-order valence-electron chi connectivity index (χ0n) is 9.17. The molecule has 2 rings (SSSR count). The largest absolute Gasteiger partial charge is 0.394 e. The van der Waals surface area contributed by atoms with Crippen molar-refractivity contribution in [3.63, 3.8) is 0 Å². The average Bonchev–Trinajstić information content (AvgIpc) is 2.38. The number of morpholine rings is 1. The van der Waals surface area contributed by atoms with Crippen LogP contribution in [0.3, 0.4) is 0 Å². The van der Waals surface area contributed by atoms with Crippen LogP contribution in [0.2, 0.25) is 0 Å². The van der Waals surface area contributed by atoms with Crippen molar-refractivity contribution in [2.45, 2.75) is 6.04 Å². The Labute approximate surface area is 108 Å². The van der Waals surface area contributed by atoms with E-state index in [2.05, 4.69) is 20.9 Å². The quantitative estimate of drug-likeness (QED) is 0.816. The summed E-state index contributed by atoms with van der Waals surface area (Å²) in [5.41, 5.74) is 0.507. The second-order valence-corrected chi connectivity index (χ2v) is 4.50. The van der Waals surface area contributed by atoms with Gasteiger partial charge in [0.25, 0.3) is 5.91 Å². The smallest absolute Gasteiger partial charge is 0.257 e. The Morgan fingerprint density at radius 3 is 3.24 bits per heavy atom. The van der Waals surface area contributed by atoms with Gasteiger partial charge in [-0.3, -0.25) is 4.79 Å². The first-order valence-electron chi connectivity index (χ1n) is 5.34. The zero-order valence-corrected chi connectivity index (χ0v) is 10.8. The van der Waals surface area contributed by atoms with Gasteiger partial charge in [-0.1, -0.05) is 0 Å². The summed E-state index contributed by atoms with van der Waals surface area (Å²) in [6.45, 7) is 1.27. The lowest BCUT2D eigenvalue weighted by molar-refractivity contribution is -0.0184. The lowest BCUT2D eigenvalue weighted by Crippen LogP contribution is -2.50. The van der Waals surface area contributed by atoms with E-state index in [1.807, 2.05) is 0 Å². The SMILES string of the molecule is O=C(c1cccnc1Br)N1CCOCC1CO. The minimum absolute atomic E-state index is 0.0936. The molecule has 0 spiro atoms. The number of aliphatic hydroxyl groups excluding tert-OH is 1. The van der Waals surface area contributed by atoms with Gasteiger partial charge in [0.05, 0.1) is 31.4 Å². The van der Waals surface area contributed by atoms with Crippen molar-refractivity contribution in [2.75, 3.05) is 26.4 Å². The van der Waals surface area contributed by atoms with Gasteiger partial charge in [-0.05, 0) is 28.1 Å². The molecule has 6 heteroatoms. The summed E-state index contributed by atoms with van der Waals surface area (Å²) in [6, 6.07) is 3.15. The van der Waals surface area contributed by atoms with Crippen LogP contribution in [-0.2, 0) is 4.74 Å². The first-order valence-corrected chi connectivity index (χ1v) is 6.13. The maximum absolute atomic E-state index is 12.3. The Bertz CT molecular complexity index is 413. The second kappa shape index (κ2) is 5.57. The molecule has 1 amide bonds. The van der Waals surface area contributed by atoms with Crippen molar-refractivity contribution in [3.8, 4) is 0 Å². The summed E-state index contributed by atoms with van der Waals surface area (Å²) in [4.78, 5) is 17.9. The number of aliphatic hydroxyl groups is 1. The predicted molar refractivity (Wildman–Crippen MR) is 64.7 cm³/mol. The van der Waals surface area contributed by atoms with Gasteiger partial charge in [0.2, 0.25) is 0 Å². The van der Waals surface area contributed by atoms with Gasteiger partial charge in [-0.15, -0.1) is 0 Å². The third-order valence-corrected chi connectivity index (χ3v) is 3.32. The van der Waals surface area contributed by atoms with Gasteiger partial charge in [0.15, 0.2) is 0 Å². The third kappa shape index (κ3) is 2.65. The number of carbonyl (C=O) groups is 1. The van der Waals surface area contributed by atoms with Crippen LogP contribution in [0.1, 0.15) is 10.4 Å². The second-order valence-electron chi connectivity index (χ2n) is 3.75. The standard InChI is InChI=1S/C11H13BrN2O3/c12-10-9(2-1-3-13-10)11(16)14-4-5-17-7-8(14)6-15/h1-3,8,15H,4-7H2. The lowest BCUT2D eigenvalue weighted by atomic mass is 10.2. The van der Waals surface area contributed by atoms with Crippen molar-refractivity contribution in [1.29, 1.82) is 0 Å². The molecule has 0 aliphatic carbocycles. The Morgan fingerprint density at radius 2 is 2.53 bits per heavy atom. The molecule has 0 saturated carbocycles. The minimum atomic E-state index is -0.275. The highest BCUT2D eigenvalue weighted by molar-refractivity contribution is 9.10. The fraction of sp³-hybridized carbons (Fsp3) is 0.455. The highest BCUT2D eigenvalue weighted by atomic mass is 79.9. The minimum Gasteiger partial charge on any atom is -0.394 e. The first-order chi connectivity index (χ1) is 8.24. The molecule has 1 aromatic rings. The van der Waals surface area contributed by atoms with E-state index in [0.717, 1.165) is 0 Å². The summed E-state index contributed by atoms with van der Waals surface area (Å²) in [6.07, 6.45) is 1.61. The predicted octanol–water partition coefficient (Wildman–Crippen LogP) is 0.677. The number of pyridine rings is 1. The Morgan fingerprint density at radius 1 is 1.71 bits per heavy atom. The summed E-state index contributed by atoms with van der Waals surface area (Å²) >= 11 is 3.25. The molecule has 0 radical (unpaired) electrons. The molecule has 2 heterocycles. The fourth-order valence-corrected chi connectivity index (χ4v) is 2.19. The summed E-state index contributed by atoms with van der Waals surface area (Å²) in [5, 5.41) is 9.23. The topological polar surface area (TPSA) is 62.7 Å². The van der Waals surface area contributed by atoms with E-state index in [-0.39, 0.29) is 18.6 Å². The van der Waals surface area contributed by atoms with E-state index in [1.165, 1.54) is 0 Å². The average molecular weight is 301 g/mol. The molecule has 5 nitrogen and oxygen atoms in total. The van der Waals surface area contributed by atoms with E-state index in [0.29, 0.717) is 29.9 Å². The molecular formula is C11H13BrN2O3. The highest BCUT2D eigenvalue weighted by Gasteiger charge is 2.28. The molecule has 1 aromatic heterocycles. The lowest BCUT2D eigenvalue weighted by Gasteiger charge is -2.34. The number of halogens is 1. The number of rotatable bonds is 2. The van der Waals surface area contributed by atoms with Crippen LogP contribution in [-0.4, -0.2) is 53.3 Å². The molecule has 1 fully saturated rings. The number of nitrogens with zero attached hydrogens (tertiary/aromatic N) is 2. The van der Waals surface area contributed by atoms with E-state index in [9.17, 15) is 9.90 Å². The van der Waals surface area contributed by atoms with Crippen LogP contribution < -0.4 is 0 Å². The van der Waals surface area contributed by atoms with Crippen molar-refractivity contribution < 1.29 is 14.6 Å². The molecule has 1 saturated heterocycles. The van der Waals surface area contributed by atoms with Crippen molar-refractivity contribution in [3.05, 3.63) is 28.5 Å². The summed E-state index contributed by atoms with van der Waals surface area (Å²) in [7, 11) is 0. The molecule has 1 aliphatic heterocycles. The number of amides is 1. The Balaban J connectivity index is 2.21. The van der Waals surface area contributed by atoms with Crippen LogP contribution in [0.4, 0.5) is 0 Å². The summed E-state index contributed by atoms with van der Waals surface area (Å²) in [5.74, 6) is -0.132. The number of hydrogen-bond donors (Lipinski definition) is 1. The fourth-order valence-electron chi connectivity index (χ4n) is 1.77. The van der Waals surface area contributed by atoms with Crippen molar-refractivity contribution >= 4 is 21.8 Å². The van der Waals surface area contributed by atoms with Gasteiger partial charge >= 0.3 is 0 Å². The first kappa shape index (κ1) is 12.5. The molecule has 1 unspecified atom stereocenters. The summed E-state index contributed by atoms with van der Waals surface area (Å²) < 4.78 is 5.76. The van der Waals surface area contributed by atoms with Gasteiger partial charge in [-0.25, -0.2) is 4.98 Å². The van der Waals surface area contributed by atoms with Crippen molar-refractivity contribution in [2.24, 2.45) is 0 Å². The van der Waals surface area contributed by atoms with Crippen LogP contribution in [0.15, 0.2) is 22.9 Å². The molecular weight excluding hydrogens is 288 g/mol. The van der Waals surface area contributed by atoms with Gasteiger partial charge < -0.3 is 14.7 Å². The van der Waals surface area contributed by atoms with E-state index < -0.39 is 0 Å². The number of hydrogen-bond acceptors (Lipinski definition) is 4. The van der Waals surface area contributed by atoms with Crippen LogP contribution >= 0.6 is 15.9 Å². The van der Waals surface area contributed by atoms with Crippen LogP contribution in [0.25, 0.3) is 0 Å². The maximum Gasteiger partial charge on any atom is 0.257 e. The van der Waals surface area contributed by atoms with Crippen molar-refractivity contribution in [1.82, 2.24) is 9.88 Å². The monoisotopic (exact) mass is 300 g/mol. The molecule has 17 heavy (non-hydrogen) atoms. The molecule has 92 valence electrons. The van der Waals surface area contributed by atoms with Gasteiger partial charge in [0.1, 0.15) is 4.60 Å². The van der Waals surface area contributed by atoms with E-state index in [1.54, 1.807) is 23.2 Å². The van der Waals surface area contributed by atoms with Gasteiger partial charge in [0, 0.05) is 12.7 Å². The molecule has 1 N–H and O–H groups in total. The van der Waals surface area contributed by atoms with Gasteiger partial charge in [-0.2, -0.15) is 0 Å². The third-order valence-electron chi connectivity index (χ3n) is 2.69. The maximum atomic E-state index is 12.3. The number of ether oxygens (including phenoxy) is 1. The van der Waals surface area contributed by atoms with E-state index >= 15 is 0 Å². The number of aromatic nitrogens is 1. The van der Waals surface area contributed by atoms with Crippen LogP contribution in [0.5, 0.6) is 0 Å². The molecule has 0 bridgehead atoms. The zero-order chi connectivity index (χ0) is 12.3. The normalized spacial score (nSPS) is 20.4.